The molecule has 112 valence electrons. The summed E-state index contributed by atoms with van der Waals surface area (Å²) >= 11 is 0. The van der Waals surface area contributed by atoms with E-state index in [2.05, 4.69) is 57.7 Å². The number of nitrogens with two attached hydrogens (primary N) is 1. The molecule has 1 aromatic carbocycles. The van der Waals surface area contributed by atoms with E-state index in [0.29, 0.717) is 6.54 Å². The monoisotopic (exact) mass is 276 g/mol. The smallest absolute Gasteiger partial charge is 0.0757 e. The van der Waals surface area contributed by atoms with Crippen molar-refractivity contribution in [2.24, 2.45) is 5.73 Å². The summed E-state index contributed by atoms with van der Waals surface area (Å²) in [4.78, 5) is 2.48. The summed E-state index contributed by atoms with van der Waals surface area (Å²) in [6, 6.07) is 6.79. The standard InChI is InChI=1S/C17H28N2O/c1-12-7-6-8-15(14(12)3)16(9-18)19-10-13(2)20-17(4,5)11-19/h6-8,13,16H,9-11,18H2,1-5H3. The highest BCUT2D eigenvalue weighted by atomic mass is 16.5. The Bertz CT molecular complexity index is 470. The van der Waals surface area contributed by atoms with Crippen molar-refractivity contribution in [1.29, 1.82) is 0 Å². The van der Waals surface area contributed by atoms with Gasteiger partial charge in [-0.2, -0.15) is 0 Å². The van der Waals surface area contributed by atoms with Gasteiger partial charge in [0.25, 0.3) is 0 Å². The van der Waals surface area contributed by atoms with Crippen molar-refractivity contribution in [1.82, 2.24) is 4.90 Å². The molecule has 0 spiro atoms. The first-order valence-electron chi connectivity index (χ1n) is 7.52. The average molecular weight is 276 g/mol. The highest BCUT2D eigenvalue weighted by molar-refractivity contribution is 5.35. The molecule has 2 atom stereocenters. The number of nitrogens with zero attached hydrogens (tertiary/aromatic N) is 1. The Balaban J connectivity index is 2.30. The van der Waals surface area contributed by atoms with E-state index in [4.69, 9.17) is 10.5 Å². The van der Waals surface area contributed by atoms with Crippen LogP contribution in [-0.2, 0) is 4.74 Å². The van der Waals surface area contributed by atoms with Gasteiger partial charge in [-0.15, -0.1) is 0 Å². The molecule has 3 heteroatoms. The molecule has 1 aromatic rings. The van der Waals surface area contributed by atoms with Crippen LogP contribution in [0.3, 0.4) is 0 Å². The fourth-order valence-electron chi connectivity index (χ4n) is 3.35. The van der Waals surface area contributed by atoms with Crippen molar-refractivity contribution in [3.05, 3.63) is 34.9 Å². The molecular formula is C17H28N2O. The zero-order chi connectivity index (χ0) is 14.9. The van der Waals surface area contributed by atoms with Gasteiger partial charge in [0.15, 0.2) is 0 Å². The van der Waals surface area contributed by atoms with E-state index in [1.54, 1.807) is 0 Å². The summed E-state index contributed by atoms with van der Waals surface area (Å²) in [5, 5.41) is 0. The summed E-state index contributed by atoms with van der Waals surface area (Å²) in [5.41, 5.74) is 10.1. The number of aryl methyl sites for hydroxylation is 1. The van der Waals surface area contributed by atoms with E-state index in [9.17, 15) is 0 Å². The van der Waals surface area contributed by atoms with Crippen LogP contribution in [0.5, 0.6) is 0 Å². The Morgan fingerprint density at radius 3 is 2.70 bits per heavy atom. The van der Waals surface area contributed by atoms with Gasteiger partial charge in [-0.1, -0.05) is 18.2 Å². The van der Waals surface area contributed by atoms with Gasteiger partial charge in [0, 0.05) is 25.7 Å². The highest BCUT2D eigenvalue weighted by Gasteiger charge is 2.35. The van der Waals surface area contributed by atoms with Gasteiger partial charge in [-0.3, -0.25) is 4.90 Å². The van der Waals surface area contributed by atoms with Crippen molar-refractivity contribution in [3.63, 3.8) is 0 Å². The van der Waals surface area contributed by atoms with Crippen LogP contribution in [0.15, 0.2) is 18.2 Å². The van der Waals surface area contributed by atoms with Crippen LogP contribution in [0.25, 0.3) is 0 Å². The molecule has 20 heavy (non-hydrogen) atoms. The maximum absolute atomic E-state index is 6.11. The first-order chi connectivity index (χ1) is 9.34. The minimum atomic E-state index is -0.108. The second-order valence-corrected chi connectivity index (χ2v) is 6.66. The third-order valence-corrected chi connectivity index (χ3v) is 4.27. The molecule has 0 bridgehead atoms. The molecule has 2 rings (SSSR count). The van der Waals surface area contributed by atoms with Crippen LogP contribution in [0.4, 0.5) is 0 Å². The van der Waals surface area contributed by atoms with E-state index in [-0.39, 0.29) is 17.7 Å². The third-order valence-electron chi connectivity index (χ3n) is 4.27. The van der Waals surface area contributed by atoms with Gasteiger partial charge in [0.1, 0.15) is 0 Å². The topological polar surface area (TPSA) is 38.5 Å². The molecule has 0 saturated carbocycles. The summed E-state index contributed by atoms with van der Waals surface area (Å²) in [7, 11) is 0. The second kappa shape index (κ2) is 5.84. The summed E-state index contributed by atoms with van der Waals surface area (Å²) in [6.45, 7) is 13.3. The van der Waals surface area contributed by atoms with Crippen molar-refractivity contribution in [2.75, 3.05) is 19.6 Å². The normalized spacial score (nSPS) is 24.6. The molecule has 1 saturated heterocycles. The Labute approximate surface area is 123 Å². The summed E-state index contributed by atoms with van der Waals surface area (Å²) in [6.07, 6.45) is 0.248. The van der Waals surface area contributed by atoms with E-state index >= 15 is 0 Å². The zero-order valence-corrected chi connectivity index (χ0v) is 13.4. The van der Waals surface area contributed by atoms with Crippen LogP contribution < -0.4 is 5.73 Å². The molecular weight excluding hydrogens is 248 g/mol. The molecule has 0 radical (unpaired) electrons. The number of hydrogen-bond donors (Lipinski definition) is 1. The second-order valence-electron chi connectivity index (χ2n) is 6.66. The predicted molar refractivity (Wildman–Crippen MR) is 83.9 cm³/mol. The molecule has 1 fully saturated rings. The average Bonchev–Trinajstić information content (AvgIpc) is 2.33. The highest BCUT2D eigenvalue weighted by Crippen LogP contribution is 2.30. The fraction of sp³-hybridized carbons (Fsp3) is 0.647. The molecule has 1 heterocycles. The van der Waals surface area contributed by atoms with Gasteiger partial charge in [-0.05, 0) is 51.3 Å². The van der Waals surface area contributed by atoms with Crippen molar-refractivity contribution >= 4 is 0 Å². The van der Waals surface area contributed by atoms with Crippen molar-refractivity contribution < 1.29 is 4.74 Å². The Morgan fingerprint density at radius 2 is 2.10 bits per heavy atom. The molecule has 1 aliphatic rings. The first kappa shape index (κ1) is 15.5. The zero-order valence-electron chi connectivity index (χ0n) is 13.4. The maximum atomic E-state index is 6.11. The summed E-state index contributed by atoms with van der Waals surface area (Å²) < 4.78 is 6.01. The lowest BCUT2D eigenvalue weighted by molar-refractivity contribution is -0.137. The van der Waals surface area contributed by atoms with Crippen LogP contribution in [0.1, 0.15) is 43.5 Å². The quantitative estimate of drug-likeness (QED) is 0.922. The van der Waals surface area contributed by atoms with E-state index in [0.717, 1.165) is 13.1 Å². The van der Waals surface area contributed by atoms with Gasteiger partial charge in [0.2, 0.25) is 0 Å². The van der Waals surface area contributed by atoms with E-state index < -0.39 is 0 Å². The number of hydrogen-bond acceptors (Lipinski definition) is 3. The lowest BCUT2D eigenvalue weighted by atomic mass is 9.94. The molecule has 2 N–H and O–H groups in total. The molecule has 3 nitrogen and oxygen atoms in total. The number of rotatable bonds is 3. The predicted octanol–water partition coefficient (Wildman–Crippen LogP) is 2.80. The first-order valence-corrected chi connectivity index (χ1v) is 7.52. The maximum Gasteiger partial charge on any atom is 0.0757 e. The largest absolute Gasteiger partial charge is 0.370 e. The van der Waals surface area contributed by atoms with Gasteiger partial charge in [-0.25, -0.2) is 0 Å². The minimum Gasteiger partial charge on any atom is -0.370 e. The molecule has 0 aliphatic carbocycles. The molecule has 0 amide bonds. The van der Waals surface area contributed by atoms with Gasteiger partial charge in [0.05, 0.1) is 11.7 Å². The lowest BCUT2D eigenvalue weighted by Crippen LogP contribution is -2.54. The molecule has 1 aliphatic heterocycles. The van der Waals surface area contributed by atoms with Gasteiger partial charge < -0.3 is 10.5 Å². The van der Waals surface area contributed by atoms with E-state index in [1.165, 1.54) is 16.7 Å². The third kappa shape index (κ3) is 3.22. The Kier molecular flexibility index (Phi) is 4.52. The van der Waals surface area contributed by atoms with Crippen LogP contribution >= 0.6 is 0 Å². The lowest BCUT2D eigenvalue weighted by Gasteiger charge is -2.45. The Hall–Kier alpha value is -0.900. The number of benzene rings is 1. The molecule has 0 aromatic heterocycles. The van der Waals surface area contributed by atoms with Crippen molar-refractivity contribution in [3.8, 4) is 0 Å². The molecule has 2 unspecified atom stereocenters. The summed E-state index contributed by atoms with van der Waals surface area (Å²) in [5.74, 6) is 0. The fourth-order valence-corrected chi connectivity index (χ4v) is 3.35. The SMILES string of the molecule is Cc1cccc(C(CN)N2CC(C)OC(C)(C)C2)c1C. The number of morpholine rings is 1. The van der Waals surface area contributed by atoms with Gasteiger partial charge >= 0.3 is 0 Å². The van der Waals surface area contributed by atoms with Crippen LogP contribution in [-0.4, -0.2) is 36.2 Å². The van der Waals surface area contributed by atoms with E-state index in [1.807, 2.05) is 0 Å². The van der Waals surface area contributed by atoms with Crippen LogP contribution in [0.2, 0.25) is 0 Å². The minimum absolute atomic E-state index is 0.108. The number of ether oxygens (including phenoxy) is 1. The Morgan fingerprint density at radius 1 is 1.40 bits per heavy atom. The van der Waals surface area contributed by atoms with Crippen LogP contribution in [0, 0.1) is 13.8 Å². The van der Waals surface area contributed by atoms with Crippen molar-refractivity contribution in [2.45, 2.75) is 52.4 Å².